The molecule has 0 saturated heterocycles. The third-order valence-corrected chi connectivity index (χ3v) is 4.54. The van der Waals surface area contributed by atoms with Gasteiger partial charge in [0.15, 0.2) is 0 Å². The van der Waals surface area contributed by atoms with Gasteiger partial charge in [-0.15, -0.1) is 24.9 Å². The van der Waals surface area contributed by atoms with Crippen LogP contribution in [0.15, 0.2) is 25.3 Å². The van der Waals surface area contributed by atoms with Crippen LogP contribution in [-0.2, 0) is 0 Å². The summed E-state index contributed by atoms with van der Waals surface area (Å²) in [6.07, 6.45) is -0.390. The van der Waals surface area contributed by atoms with Crippen molar-refractivity contribution in [2.45, 2.75) is 38.8 Å². The van der Waals surface area contributed by atoms with Crippen molar-refractivity contribution in [1.82, 2.24) is 0 Å². The zero-order valence-corrected chi connectivity index (χ0v) is 12.2. The minimum atomic E-state index is -4.37. The van der Waals surface area contributed by atoms with E-state index in [9.17, 15) is 13.2 Å². The molecular formula is C13H19F3S2. The fourth-order valence-electron chi connectivity index (χ4n) is 1.54. The van der Waals surface area contributed by atoms with E-state index >= 15 is 0 Å². The summed E-state index contributed by atoms with van der Waals surface area (Å²) < 4.78 is 39.9. The maximum atomic E-state index is 13.3. The Morgan fingerprint density at radius 1 is 1.22 bits per heavy atom. The molecule has 0 aliphatic carbocycles. The van der Waals surface area contributed by atoms with Crippen LogP contribution in [0.4, 0.5) is 13.2 Å². The smallest absolute Gasteiger partial charge is 0.170 e. The number of allylic oxidation sites excluding steroid dienone is 2. The third kappa shape index (κ3) is 4.43. The molecule has 0 aromatic carbocycles. The molecule has 0 atom stereocenters. The monoisotopic (exact) mass is 296 g/mol. The van der Waals surface area contributed by atoms with Gasteiger partial charge in [0.25, 0.3) is 0 Å². The molecule has 5 heteroatoms. The summed E-state index contributed by atoms with van der Waals surface area (Å²) in [5.41, 5.74) is -2.00. The number of thiocarbonyl (C=S) groups is 1. The highest BCUT2D eigenvalue weighted by molar-refractivity contribution is 8.23. The Balaban J connectivity index is 5.09. The van der Waals surface area contributed by atoms with Gasteiger partial charge in [-0.05, 0) is 25.0 Å². The summed E-state index contributed by atoms with van der Waals surface area (Å²) >= 11 is 6.16. The summed E-state index contributed by atoms with van der Waals surface area (Å²) in [5, 5.41) is 0. The molecule has 0 aliphatic heterocycles. The van der Waals surface area contributed by atoms with Crippen LogP contribution in [0.1, 0.15) is 32.6 Å². The quantitative estimate of drug-likeness (QED) is 0.327. The zero-order valence-electron chi connectivity index (χ0n) is 10.6. The van der Waals surface area contributed by atoms with Crippen molar-refractivity contribution in [2.24, 2.45) is 5.41 Å². The van der Waals surface area contributed by atoms with Gasteiger partial charge in [0.2, 0.25) is 0 Å². The number of unbranched alkanes of at least 4 members (excludes halogenated alkanes) is 1. The topological polar surface area (TPSA) is 0 Å². The van der Waals surface area contributed by atoms with Gasteiger partial charge in [0.1, 0.15) is 5.41 Å². The van der Waals surface area contributed by atoms with Gasteiger partial charge >= 0.3 is 6.18 Å². The predicted octanol–water partition coefficient (Wildman–Crippen LogP) is 5.55. The maximum absolute atomic E-state index is 13.3. The summed E-state index contributed by atoms with van der Waals surface area (Å²) in [6.45, 7) is 8.83. The lowest BCUT2D eigenvalue weighted by molar-refractivity contribution is -0.194. The molecule has 0 spiro atoms. The van der Waals surface area contributed by atoms with E-state index in [0.717, 1.165) is 24.6 Å². The van der Waals surface area contributed by atoms with E-state index in [1.165, 1.54) is 12.2 Å². The van der Waals surface area contributed by atoms with Gasteiger partial charge in [-0.3, -0.25) is 0 Å². The van der Waals surface area contributed by atoms with Crippen molar-refractivity contribution < 1.29 is 13.2 Å². The Morgan fingerprint density at radius 2 is 1.72 bits per heavy atom. The molecule has 0 aliphatic rings. The van der Waals surface area contributed by atoms with Crippen molar-refractivity contribution in [3.8, 4) is 0 Å². The molecule has 0 nitrogen and oxygen atoms in total. The number of hydrogen-bond donors (Lipinski definition) is 0. The summed E-state index contributed by atoms with van der Waals surface area (Å²) in [6, 6.07) is 0. The molecule has 0 aromatic heterocycles. The van der Waals surface area contributed by atoms with Crippen LogP contribution in [0.2, 0.25) is 0 Å². The second-order valence-corrected chi connectivity index (χ2v) is 5.83. The van der Waals surface area contributed by atoms with E-state index in [-0.39, 0.29) is 17.0 Å². The van der Waals surface area contributed by atoms with E-state index in [1.54, 1.807) is 0 Å². The maximum Gasteiger partial charge on any atom is 0.400 e. The van der Waals surface area contributed by atoms with E-state index in [2.05, 4.69) is 13.2 Å². The highest BCUT2D eigenvalue weighted by Gasteiger charge is 2.55. The minimum Gasteiger partial charge on any atom is -0.170 e. The molecule has 18 heavy (non-hydrogen) atoms. The van der Waals surface area contributed by atoms with Crippen molar-refractivity contribution >= 4 is 28.2 Å². The zero-order chi connectivity index (χ0) is 14.2. The first-order chi connectivity index (χ1) is 8.35. The van der Waals surface area contributed by atoms with Crippen molar-refractivity contribution in [1.29, 1.82) is 0 Å². The van der Waals surface area contributed by atoms with Crippen LogP contribution in [0.3, 0.4) is 0 Å². The largest absolute Gasteiger partial charge is 0.400 e. The van der Waals surface area contributed by atoms with Crippen LogP contribution >= 0.6 is 24.0 Å². The van der Waals surface area contributed by atoms with E-state index in [1.807, 2.05) is 6.92 Å². The molecule has 0 fully saturated rings. The molecule has 0 radical (unpaired) electrons. The Bertz CT molecular complexity index is 285. The van der Waals surface area contributed by atoms with Crippen LogP contribution < -0.4 is 0 Å². The van der Waals surface area contributed by atoms with Crippen LogP contribution in [0, 0.1) is 5.41 Å². The lowest BCUT2D eigenvalue weighted by Gasteiger charge is -2.34. The normalized spacial score (nSPS) is 12.2. The first-order valence-corrected chi connectivity index (χ1v) is 7.20. The molecule has 0 rings (SSSR count). The third-order valence-electron chi connectivity index (χ3n) is 2.65. The standard InChI is InChI=1S/C13H19F3S2/c1-4-7-10-18-11(17)12(8-5-2,9-6-3)13(14,15)16/h5-6H,2-4,7-10H2,1H3. The summed E-state index contributed by atoms with van der Waals surface area (Å²) in [5.74, 6) is 0.626. The van der Waals surface area contributed by atoms with E-state index < -0.39 is 11.6 Å². The van der Waals surface area contributed by atoms with Gasteiger partial charge in [-0.25, -0.2) is 0 Å². The minimum absolute atomic E-state index is 0.00301. The fraction of sp³-hybridized carbons (Fsp3) is 0.615. The number of thioether (sulfide) groups is 1. The first kappa shape index (κ1) is 17.7. The average Bonchev–Trinajstić information content (AvgIpc) is 2.27. The summed E-state index contributed by atoms with van der Waals surface area (Å²) in [7, 11) is 0. The second kappa shape index (κ2) is 8.00. The van der Waals surface area contributed by atoms with Gasteiger partial charge < -0.3 is 0 Å². The Hall–Kier alpha value is -0.290. The highest BCUT2D eigenvalue weighted by atomic mass is 32.2. The van der Waals surface area contributed by atoms with Gasteiger partial charge in [0, 0.05) is 0 Å². The van der Waals surface area contributed by atoms with Crippen molar-refractivity contribution in [3.63, 3.8) is 0 Å². The Morgan fingerprint density at radius 3 is 2.06 bits per heavy atom. The first-order valence-electron chi connectivity index (χ1n) is 5.81. The highest BCUT2D eigenvalue weighted by Crippen LogP contribution is 2.48. The number of halogens is 3. The molecular weight excluding hydrogens is 277 g/mol. The number of hydrogen-bond acceptors (Lipinski definition) is 2. The van der Waals surface area contributed by atoms with Crippen LogP contribution in [-0.4, -0.2) is 16.1 Å². The van der Waals surface area contributed by atoms with Gasteiger partial charge in [0.05, 0.1) is 4.20 Å². The number of alkyl halides is 3. The van der Waals surface area contributed by atoms with E-state index in [0.29, 0.717) is 5.75 Å². The van der Waals surface area contributed by atoms with Gasteiger partial charge in [-0.2, -0.15) is 13.2 Å². The molecule has 104 valence electrons. The Kier molecular flexibility index (Phi) is 7.87. The lowest BCUT2D eigenvalue weighted by atomic mass is 9.82. The SMILES string of the molecule is C=CCC(CC=C)(C(=S)SCCCC)C(F)(F)F. The molecule has 0 bridgehead atoms. The molecule has 0 N–H and O–H groups in total. The fourth-order valence-corrected chi connectivity index (χ4v) is 3.25. The summed E-state index contributed by atoms with van der Waals surface area (Å²) in [4.78, 5) is 0. The lowest BCUT2D eigenvalue weighted by Crippen LogP contribution is -2.42. The average molecular weight is 296 g/mol. The molecule has 0 aromatic rings. The van der Waals surface area contributed by atoms with Crippen molar-refractivity contribution in [3.05, 3.63) is 25.3 Å². The van der Waals surface area contributed by atoms with Crippen LogP contribution in [0.25, 0.3) is 0 Å². The molecule has 0 heterocycles. The molecule has 0 amide bonds. The second-order valence-electron chi connectivity index (χ2n) is 4.05. The van der Waals surface area contributed by atoms with E-state index in [4.69, 9.17) is 12.2 Å². The van der Waals surface area contributed by atoms with Gasteiger partial charge in [-0.1, -0.05) is 37.7 Å². The molecule has 0 unspecified atom stereocenters. The predicted molar refractivity (Wildman–Crippen MR) is 78.1 cm³/mol. The molecule has 0 saturated carbocycles. The van der Waals surface area contributed by atoms with Crippen molar-refractivity contribution in [2.75, 3.05) is 5.75 Å². The van der Waals surface area contributed by atoms with Crippen LogP contribution in [0.5, 0.6) is 0 Å². The Labute approximate surface area is 117 Å². The number of rotatable bonds is 8.